The summed E-state index contributed by atoms with van der Waals surface area (Å²) in [6.07, 6.45) is 3.83. The highest BCUT2D eigenvalue weighted by molar-refractivity contribution is 7.99. The number of anilines is 1. The zero-order valence-corrected chi connectivity index (χ0v) is 19.5. The van der Waals surface area contributed by atoms with E-state index in [1.54, 1.807) is 19.2 Å². The number of amides is 1. The number of para-hydroxylation sites is 1. The number of rotatable bonds is 9. The Balaban J connectivity index is 1.29. The molecule has 176 valence electrons. The molecule has 34 heavy (non-hydrogen) atoms. The average molecular weight is 481 g/mol. The zero-order valence-electron chi connectivity index (χ0n) is 18.6. The van der Waals surface area contributed by atoms with Crippen LogP contribution in [0.1, 0.15) is 24.4 Å². The van der Waals surface area contributed by atoms with Gasteiger partial charge >= 0.3 is 0 Å². The third kappa shape index (κ3) is 5.20. The lowest BCUT2D eigenvalue weighted by Gasteiger charge is -2.15. The van der Waals surface area contributed by atoms with Crippen LogP contribution >= 0.6 is 11.8 Å². The minimum absolute atomic E-state index is 0.0836. The number of pyridine rings is 1. The minimum Gasteiger partial charge on any atom is -0.483 e. The molecule has 10 nitrogen and oxygen atoms in total. The van der Waals surface area contributed by atoms with Gasteiger partial charge in [0.2, 0.25) is 5.91 Å². The largest absolute Gasteiger partial charge is 0.483 e. The molecule has 1 atom stereocenters. The van der Waals surface area contributed by atoms with Crippen molar-refractivity contribution < 1.29 is 18.8 Å². The maximum atomic E-state index is 12.4. The number of aromatic nitrogens is 5. The molecule has 11 heteroatoms. The van der Waals surface area contributed by atoms with Gasteiger partial charge in [-0.3, -0.25) is 9.78 Å². The minimum atomic E-state index is -0.204. The van der Waals surface area contributed by atoms with E-state index >= 15 is 0 Å². The molecule has 0 bridgehead atoms. The van der Waals surface area contributed by atoms with E-state index in [1.165, 1.54) is 11.8 Å². The fourth-order valence-electron chi connectivity index (χ4n) is 3.78. The fourth-order valence-corrected chi connectivity index (χ4v) is 4.54. The fraction of sp³-hybridized carbons (Fsp3) is 0.348. The molecule has 1 aromatic carbocycles. The molecule has 1 saturated heterocycles. The number of carbonyl (C=O) groups is 1. The Kier molecular flexibility index (Phi) is 6.72. The summed E-state index contributed by atoms with van der Waals surface area (Å²) < 4.78 is 18.9. The highest BCUT2D eigenvalue weighted by Crippen LogP contribution is 2.26. The van der Waals surface area contributed by atoms with Crippen molar-refractivity contribution >= 4 is 34.4 Å². The van der Waals surface area contributed by atoms with Crippen LogP contribution < -0.4 is 10.1 Å². The summed E-state index contributed by atoms with van der Waals surface area (Å²) in [5, 5.41) is 16.8. The predicted molar refractivity (Wildman–Crippen MR) is 126 cm³/mol. The van der Waals surface area contributed by atoms with Gasteiger partial charge < -0.3 is 23.9 Å². The monoisotopic (exact) mass is 480 g/mol. The summed E-state index contributed by atoms with van der Waals surface area (Å²) in [6, 6.07) is 11.4. The molecule has 4 aromatic rings. The third-order valence-electron chi connectivity index (χ3n) is 5.38. The molecule has 1 aliphatic rings. The molecular weight excluding hydrogens is 456 g/mol. The highest BCUT2D eigenvalue weighted by Gasteiger charge is 2.22. The van der Waals surface area contributed by atoms with Crippen LogP contribution in [0.5, 0.6) is 5.75 Å². The van der Waals surface area contributed by atoms with Gasteiger partial charge in [-0.25, -0.2) is 0 Å². The summed E-state index contributed by atoms with van der Waals surface area (Å²) in [5.41, 5.74) is 0.796. The average Bonchev–Trinajstić information content (AvgIpc) is 3.59. The van der Waals surface area contributed by atoms with Gasteiger partial charge in [0.15, 0.2) is 16.8 Å². The normalized spacial score (nSPS) is 15.6. The van der Waals surface area contributed by atoms with Gasteiger partial charge in [0.05, 0.1) is 18.4 Å². The van der Waals surface area contributed by atoms with E-state index < -0.39 is 0 Å². The molecule has 1 unspecified atom stereocenters. The SMILES string of the molecule is Cc1cc(NC(=O)CSc2nnc(COc3cccc4cccnc34)n2CC2CCCO2)no1. The molecular formula is C23H24N6O4S. The maximum absolute atomic E-state index is 12.4. The van der Waals surface area contributed by atoms with Crippen molar-refractivity contribution in [3.05, 3.63) is 54.2 Å². The second kappa shape index (κ2) is 10.2. The van der Waals surface area contributed by atoms with Crippen LogP contribution in [-0.2, 0) is 22.7 Å². The number of aryl methyl sites for hydroxylation is 1. The first kappa shape index (κ1) is 22.4. The number of benzene rings is 1. The van der Waals surface area contributed by atoms with E-state index in [4.69, 9.17) is 14.0 Å². The van der Waals surface area contributed by atoms with E-state index in [9.17, 15) is 4.79 Å². The first-order valence-corrected chi connectivity index (χ1v) is 12.0. The Morgan fingerprint density at radius 1 is 1.29 bits per heavy atom. The van der Waals surface area contributed by atoms with Crippen molar-refractivity contribution in [1.82, 2.24) is 24.9 Å². The molecule has 5 rings (SSSR count). The summed E-state index contributed by atoms with van der Waals surface area (Å²) in [4.78, 5) is 16.8. The molecule has 1 N–H and O–H groups in total. The number of hydrogen-bond donors (Lipinski definition) is 1. The van der Waals surface area contributed by atoms with E-state index in [1.807, 2.05) is 34.9 Å². The van der Waals surface area contributed by atoms with Crippen molar-refractivity contribution in [1.29, 1.82) is 0 Å². The number of hydrogen-bond acceptors (Lipinski definition) is 9. The van der Waals surface area contributed by atoms with Crippen LogP contribution in [0.4, 0.5) is 5.82 Å². The smallest absolute Gasteiger partial charge is 0.236 e. The lowest BCUT2D eigenvalue weighted by atomic mass is 10.2. The first-order valence-electron chi connectivity index (χ1n) is 11.0. The van der Waals surface area contributed by atoms with Crippen molar-refractivity contribution in [3.8, 4) is 5.75 Å². The Morgan fingerprint density at radius 3 is 3.03 bits per heavy atom. The molecule has 4 heterocycles. The Bertz CT molecular complexity index is 1280. The topological polar surface area (TPSA) is 117 Å². The lowest BCUT2D eigenvalue weighted by molar-refractivity contribution is -0.113. The standard InChI is InChI=1S/C23H24N6O4S/c1-15-11-19(28-33-15)25-21(30)14-34-23-27-26-20(29(23)12-17-7-4-10-31-17)13-32-18-8-2-5-16-6-3-9-24-22(16)18/h2-3,5-6,8-9,11,17H,4,7,10,12-14H2,1H3,(H,25,28,30). The number of ether oxygens (including phenoxy) is 2. The van der Waals surface area contributed by atoms with E-state index in [2.05, 4.69) is 25.7 Å². The number of fused-ring (bicyclic) bond motifs is 1. The first-order chi connectivity index (χ1) is 16.7. The van der Waals surface area contributed by atoms with Gasteiger partial charge in [-0.05, 0) is 31.9 Å². The van der Waals surface area contributed by atoms with E-state index in [0.717, 1.165) is 30.4 Å². The molecule has 0 spiro atoms. The van der Waals surface area contributed by atoms with Crippen molar-refractivity contribution in [2.24, 2.45) is 0 Å². The number of thioether (sulfide) groups is 1. The quantitative estimate of drug-likeness (QED) is 0.358. The number of nitrogens with one attached hydrogen (secondary N) is 1. The predicted octanol–water partition coefficient (Wildman–Crippen LogP) is 3.61. The van der Waals surface area contributed by atoms with Gasteiger partial charge in [0, 0.05) is 24.3 Å². The second-order valence-electron chi connectivity index (χ2n) is 7.92. The van der Waals surface area contributed by atoms with Crippen LogP contribution in [0.3, 0.4) is 0 Å². The molecule has 0 radical (unpaired) electrons. The molecule has 0 aliphatic carbocycles. The molecule has 0 saturated carbocycles. The third-order valence-corrected chi connectivity index (χ3v) is 6.35. The number of carbonyl (C=O) groups excluding carboxylic acids is 1. The highest BCUT2D eigenvalue weighted by atomic mass is 32.2. The van der Waals surface area contributed by atoms with Gasteiger partial charge in [0.1, 0.15) is 23.6 Å². The van der Waals surface area contributed by atoms with Gasteiger partial charge in [0.25, 0.3) is 0 Å². The van der Waals surface area contributed by atoms with Crippen LogP contribution in [0.25, 0.3) is 10.9 Å². The van der Waals surface area contributed by atoms with E-state index in [-0.39, 0.29) is 24.4 Å². The van der Waals surface area contributed by atoms with E-state index in [0.29, 0.717) is 34.9 Å². The molecule has 1 amide bonds. The Hall–Kier alpha value is -3.44. The summed E-state index contributed by atoms with van der Waals surface area (Å²) in [6.45, 7) is 3.34. The summed E-state index contributed by atoms with van der Waals surface area (Å²) in [7, 11) is 0. The Morgan fingerprint density at radius 2 is 2.21 bits per heavy atom. The van der Waals surface area contributed by atoms with Crippen molar-refractivity contribution in [2.75, 3.05) is 17.7 Å². The van der Waals surface area contributed by atoms with Crippen molar-refractivity contribution in [3.63, 3.8) is 0 Å². The zero-order chi connectivity index (χ0) is 23.3. The second-order valence-corrected chi connectivity index (χ2v) is 8.87. The van der Waals surface area contributed by atoms with Gasteiger partial charge in [-0.15, -0.1) is 10.2 Å². The summed E-state index contributed by atoms with van der Waals surface area (Å²) >= 11 is 1.31. The van der Waals surface area contributed by atoms with Crippen LogP contribution in [-0.4, -0.2) is 49.3 Å². The summed E-state index contributed by atoms with van der Waals surface area (Å²) in [5.74, 6) is 2.32. The number of nitrogens with zero attached hydrogens (tertiary/aromatic N) is 5. The van der Waals surface area contributed by atoms with Crippen LogP contribution in [0, 0.1) is 6.92 Å². The van der Waals surface area contributed by atoms with Crippen LogP contribution in [0.2, 0.25) is 0 Å². The van der Waals surface area contributed by atoms with Crippen molar-refractivity contribution in [2.45, 2.75) is 44.2 Å². The van der Waals surface area contributed by atoms with Gasteiger partial charge in [-0.1, -0.05) is 35.1 Å². The molecule has 3 aromatic heterocycles. The Labute approximate surface area is 200 Å². The molecule has 1 aliphatic heterocycles. The lowest BCUT2D eigenvalue weighted by Crippen LogP contribution is -2.19. The molecule has 1 fully saturated rings. The van der Waals surface area contributed by atoms with Crippen LogP contribution in [0.15, 0.2) is 52.3 Å². The maximum Gasteiger partial charge on any atom is 0.236 e. The van der Waals surface area contributed by atoms with Gasteiger partial charge in [-0.2, -0.15) is 0 Å².